The first kappa shape index (κ1) is 7.82. The largest absolute Gasteiger partial charge is 1.00 e. The van der Waals surface area contributed by atoms with Crippen molar-refractivity contribution in [2.75, 3.05) is 0 Å². The van der Waals surface area contributed by atoms with E-state index in [1.165, 1.54) is 0 Å². The molecule has 2 saturated carbocycles. The van der Waals surface area contributed by atoms with Crippen LogP contribution in [0.4, 0.5) is 0 Å². The van der Waals surface area contributed by atoms with Crippen LogP contribution in [0.1, 0.15) is 19.3 Å². The summed E-state index contributed by atoms with van der Waals surface area (Å²) in [5.41, 5.74) is 3.29. The van der Waals surface area contributed by atoms with Crippen molar-refractivity contribution in [3.8, 4) is 0 Å². The number of carboxylic acids is 1. The van der Waals surface area contributed by atoms with Crippen LogP contribution in [0.15, 0.2) is 0 Å². The van der Waals surface area contributed by atoms with Crippen LogP contribution in [0, 0.1) is 5.41 Å². The monoisotopic (exact) mass is 163 g/mol. The smallest absolute Gasteiger partial charge is 0.366 e. The molecule has 0 bridgehead atoms. The predicted octanol–water partition coefficient (Wildman–Crippen LogP) is -3.76. The number of carbonyl (C=O) groups is 1. The van der Waals surface area contributed by atoms with Crippen LogP contribution in [0.2, 0.25) is 0 Å². The molecule has 1 spiro atoms. The van der Waals surface area contributed by atoms with Gasteiger partial charge in [0.1, 0.15) is 0 Å². The molecule has 0 aromatic heterocycles. The Balaban J connectivity index is 0.000000500. The summed E-state index contributed by atoms with van der Waals surface area (Å²) in [6.07, 6.45) is 2.99. The van der Waals surface area contributed by atoms with Crippen molar-refractivity contribution >= 4 is 5.97 Å². The molecule has 58 valence electrons. The average Bonchev–Trinajstić information content (AvgIpc) is 2.56. The first-order valence-corrected chi connectivity index (χ1v) is 3.20. The van der Waals surface area contributed by atoms with Gasteiger partial charge < -0.3 is 23.2 Å². The number of halogens is 1. The van der Waals surface area contributed by atoms with Gasteiger partial charge >= 0.3 is 5.97 Å². The maximum atomic E-state index is 10.5. The summed E-state index contributed by atoms with van der Waals surface area (Å²) in [4.78, 5) is 10.5. The third-order valence-corrected chi connectivity index (χ3v) is 2.79. The van der Waals surface area contributed by atoms with E-state index in [1.54, 1.807) is 0 Å². The highest BCUT2D eigenvalue weighted by atomic mass is 35.5. The van der Waals surface area contributed by atoms with Crippen molar-refractivity contribution in [3.05, 3.63) is 0 Å². The zero-order valence-electron chi connectivity index (χ0n) is 5.56. The lowest BCUT2D eigenvalue weighted by molar-refractivity contribution is -0.431. The Labute approximate surface area is 65.0 Å². The minimum absolute atomic E-state index is 0. The van der Waals surface area contributed by atoms with Gasteiger partial charge in [-0.2, -0.15) is 0 Å². The third kappa shape index (κ3) is 0.620. The Morgan fingerprint density at radius 1 is 1.50 bits per heavy atom. The molecular weight excluding hydrogens is 154 g/mol. The lowest BCUT2D eigenvalue weighted by Gasteiger charge is -1.96. The van der Waals surface area contributed by atoms with E-state index >= 15 is 0 Å². The maximum absolute atomic E-state index is 10.5. The van der Waals surface area contributed by atoms with Crippen molar-refractivity contribution in [1.29, 1.82) is 0 Å². The number of hydrogen-bond donors (Lipinski definition) is 2. The number of quaternary nitrogens is 1. The number of hydrogen-bond acceptors (Lipinski definition) is 1. The number of carboxylic acid groups (broad SMARTS) is 1. The molecule has 2 rings (SSSR count). The summed E-state index contributed by atoms with van der Waals surface area (Å²) in [6.45, 7) is 0. The van der Waals surface area contributed by atoms with Crippen molar-refractivity contribution in [3.63, 3.8) is 0 Å². The molecule has 0 saturated heterocycles. The fourth-order valence-electron chi connectivity index (χ4n) is 1.64. The highest BCUT2D eigenvalue weighted by Gasteiger charge is 2.80. The van der Waals surface area contributed by atoms with Gasteiger partial charge in [0.15, 0.2) is 5.54 Å². The van der Waals surface area contributed by atoms with E-state index in [0.29, 0.717) is 0 Å². The first-order valence-electron chi connectivity index (χ1n) is 3.20. The normalized spacial score (nSPS) is 38.5. The highest BCUT2D eigenvalue weighted by Crippen LogP contribution is 2.70. The van der Waals surface area contributed by atoms with Gasteiger partial charge in [-0.3, -0.25) is 0 Å². The van der Waals surface area contributed by atoms with E-state index in [4.69, 9.17) is 5.11 Å². The van der Waals surface area contributed by atoms with E-state index in [0.717, 1.165) is 19.3 Å². The summed E-state index contributed by atoms with van der Waals surface area (Å²) in [5, 5.41) is 8.63. The van der Waals surface area contributed by atoms with Gasteiger partial charge in [0.05, 0.1) is 0 Å². The van der Waals surface area contributed by atoms with E-state index in [9.17, 15) is 4.79 Å². The molecule has 0 unspecified atom stereocenters. The molecule has 0 heterocycles. The molecule has 0 amide bonds. The second-order valence-corrected chi connectivity index (χ2v) is 3.34. The molecular formula is C6H10ClNO2. The van der Waals surface area contributed by atoms with E-state index in [-0.39, 0.29) is 17.8 Å². The Morgan fingerprint density at radius 2 is 2.00 bits per heavy atom. The van der Waals surface area contributed by atoms with Crippen LogP contribution in [-0.2, 0) is 4.79 Å². The number of aliphatic carboxylic acids is 1. The van der Waals surface area contributed by atoms with Gasteiger partial charge in [-0.15, -0.1) is 0 Å². The summed E-state index contributed by atoms with van der Waals surface area (Å²) in [5.74, 6) is -0.708. The Bertz CT molecular complexity index is 190. The summed E-state index contributed by atoms with van der Waals surface area (Å²) >= 11 is 0. The molecule has 0 radical (unpaired) electrons. The Kier molecular flexibility index (Phi) is 1.29. The van der Waals surface area contributed by atoms with Gasteiger partial charge in [0.2, 0.25) is 0 Å². The van der Waals surface area contributed by atoms with Gasteiger partial charge in [0.25, 0.3) is 0 Å². The molecule has 1 atom stereocenters. The van der Waals surface area contributed by atoms with Crippen molar-refractivity contribution in [1.82, 2.24) is 0 Å². The fourth-order valence-corrected chi connectivity index (χ4v) is 1.64. The second kappa shape index (κ2) is 1.66. The molecule has 4 heteroatoms. The lowest BCUT2D eigenvalue weighted by Crippen LogP contribution is -3.00. The SMILES string of the molecule is [Cl-].[NH3+][C@]1(C(=O)O)CC12CC2. The van der Waals surface area contributed by atoms with Crippen LogP contribution in [0.25, 0.3) is 0 Å². The third-order valence-electron chi connectivity index (χ3n) is 2.79. The average molecular weight is 164 g/mol. The second-order valence-electron chi connectivity index (χ2n) is 3.34. The molecule has 4 N–H and O–H groups in total. The van der Waals surface area contributed by atoms with Crippen LogP contribution in [0.3, 0.4) is 0 Å². The Morgan fingerprint density at radius 3 is 2.10 bits per heavy atom. The van der Waals surface area contributed by atoms with Crippen LogP contribution in [-0.4, -0.2) is 16.6 Å². The molecule has 10 heavy (non-hydrogen) atoms. The summed E-state index contributed by atoms with van der Waals surface area (Å²) in [6, 6.07) is 0. The highest BCUT2D eigenvalue weighted by molar-refractivity contribution is 5.83. The van der Waals surface area contributed by atoms with Crippen LogP contribution < -0.4 is 18.1 Å². The summed E-state index contributed by atoms with van der Waals surface area (Å²) in [7, 11) is 0. The molecule has 3 nitrogen and oxygen atoms in total. The molecule has 2 fully saturated rings. The molecule has 2 aliphatic rings. The molecule has 0 aromatic rings. The van der Waals surface area contributed by atoms with Gasteiger partial charge in [-0.1, -0.05) is 0 Å². The topological polar surface area (TPSA) is 64.9 Å². The predicted molar refractivity (Wildman–Crippen MR) is 29.5 cm³/mol. The Hall–Kier alpha value is -0.280. The zero-order chi connectivity index (χ0) is 6.70. The zero-order valence-corrected chi connectivity index (χ0v) is 6.32. The van der Waals surface area contributed by atoms with Crippen LogP contribution in [0.5, 0.6) is 0 Å². The lowest BCUT2D eigenvalue weighted by atomic mass is 10.2. The van der Waals surface area contributed by atoms with Gasteiger partial charge in [-0.05, 0) is 12.8 Å². The van der Waals surface area contributed by atoms with Gasteiger partial charge in [0, 0.05) is 11.8 Å². The van der Waals surface area contributed by atoms with E-state index in [2.05, 4.69) is 5.73 Å². The number of rotatable bonds is 1. The standard InChI is InChI=1S/C6H9NO2.ClH/c7-6(4(8)9)3-5(6)1-2-5;/h1-3,7H2,(H,8,9);1H/t6-;/m0./s1. The van der Waals surface area contributed by atoms with Crippen LogP contribution >= 0.6 is 0 Å². The van der Waals surface area contributed by atoms with Gasteiger partial charge in [-0.25, -0.2) is 4.79 Å². The van der Waals surface area contributed by atoms with Crippen molar-refractivity contribution in [2.45, 2.75) is 24.8 Å². The van der Waals surface area contributed by atoms with E-state index < -0.39 is 11.5 Å². The molecule has 0 aromatic carbocycles. The van der Waals surface area contributed by atoms with Crippen molar-refractivity contribution in [2.24, 2.45) is 5.41 Å². The quantitative estimate of drug-likeness (QED) is 0.417. The minimum Gasteiger partial charge on any atom is -1.00 e. The first-order chi connectivity index (χ1) is 4.11. The van der Waals surface area contributed by atoms with E-state index in [1.807, 2.05) is 0 Å². The fraction of sp³-hybridized carbons (Fsp3) is 0.833. The summed E-state index contributed by atoms with van der Waals surface area (Å²) < 4.78 is 0. The van der Waals surface area contributed by atoms with Crippen molar-refractivity contribution < 1.29 is 28.0 Å². The minimum atomic E-state index is -0.708. The molecule has 0 aliphatic heterocycles. The maximum Gasteiger partial charge on any atom is 0.366 e. The molecule has 2 aliphatic carbocycles.